The van der Waals surface area contributed by atoms with Crippen molar-refractivity contribution < 1.29 is 4.79 Å². The number of rotatable bonds is 7. The van der Waals surface area contributed by atoms with Crippen LogP contribution in [0.4, 0.5) is 11.6 Å². The first kappa shape index (κ1) is 16.9. The molecule has 1 rings (SSSR count). The Morgan fingerprint density at radius 3 is 2.40 bits per heavy atom. The number of hydrogen-bond donors (Lipinski definition) is 3. The van der Waals surface area contributed by atoms with Gasteiger partial charge in [0, 0.05) is 13.1 Å². The molecule has 1 amide bonds. The number of hydrogen-bond acceptors (Lipinski definition) is 4. The SMILES string of the molecule is CCNc1nc(NCC(=O)NCC(C)C)c(Cl)cc1Cl. The molecule has 0 saturated heterocycles. The van der Waals surface area contributed by atoms with E-state index in [9.17, 15) is 4.79 Å². The van der Waals surface area contributed by atoms with Crippen molar-refractivity contribution in [2.45, 2.75) is 20.8 Å². The lowest BCUT2D eigenvalue weighted by atomic mass is 10.2. The molecule has 0 aliphatic heterocycles. The minimum atomic E-state index is -0.100. The first-order valence-corrected chi connectivity index (χ1v) is 7.30. The van der Waals surface area contributed by atoms with Gasteiger partial charge in [-0.25, -0.2) is 4.98 Å². The van der Waals surface area contributed by atoms with Gasteiger partial charge < -0.3 is 16.0 Å². The van der Waals surface area contributed by atoms with Crippen LogP contribution in [0.5, 0.6) is 0 Å². The third kappa shape index (κ3) is 5.43. The van der Waals surface area contributed by atoms with Crippen LogP contribution < -0.4 is 16.0 Å². The molecule has 0 saturated carbocycles. The van der Waals surface area contributed by atoms with Crippen molar-refractivity contribution in [1.29, 1.82) is 0 Å². The quantitative estimate of drug-likeness (QED) is 0.723. The molecule has 7 heteroatoms. The highest BCUT2D eigenvalue weighted by molar-refractivity contribution is 6.37. The van der Waals surface area contributed by atoms with E-state index in [1.165, 1.54) is 0 Å². The van der Waals surface area contributed by atoms with Gasteiger partial charge in [0.05, 0.1) is 16.6 Å². The van der Waals surface area contributed by atoms with Gasteiger partial charge in [-0.15, -0.1) is 0 Å². The maximum atomic E-state index is 11.6. The number of aromatic nitrogens is 1. The van der Waals surface area contributed by atoms with Crippen LogP contribution in [0.1, 0.15) is 20.8 Å². The second-order valence-corrected chi connectivity index (χ2v) is 5.55. The van der Waals surface area contributed by atoms with Gasteiger partial charge in [0.2, 0.25) is 5.91 Å². The molecule has 0 atom stereocenters. The number of carbonyl (C=O) groups excluding carboxylic acids is 1. The van der Waals surface area contributed by atoms with Crippen molar-refractivity contribution in [3.63, 3.8) is 0 Å². The number of nitrogens with zero attached hydrogens (tertiary/aromatic N) is 1. The molecule has 0 unspecified atom stereocenters. The van der Waals surface area contributed by atoms with E-state index in [2.05, 4.69) is 20.9 Å². The van der Waals surface area contributed by atoms with Crippen LogP contribution in [0.15, 0.2) is 6.07 Å². The molecule has 5 nitrogen and oxygen atoms in total. The molecule has 20 heavy (non-hydrogen) atoms. The summed E-state index contributed by atoms with van der Waals surface area (Å²) in [6.45, 7) is 7.47. The standard InChI is InChI=1S/C13H20Cl2N4O/c1-4-16-12-9(14)5-10(15)13(19-12)18-7-11(20)17-6-8(2)3/h5,8H,4,6-7H2,1-3H3,(H,17,20)(H2,16,18,19). The van der Waals surface area contributed by atoms with E-state index in [0.29, 0.717) is 40.7 Å². The molecule has 0 spiro atoms. The summed E-state index contributed by atoms with van der Waals surface area (Å²) < 4.78 is 0. The Morgan fingerprint density at radius 2 is 1.85 bits per heavy atom. The number of pyridine rings is 1. The van der Waals surface area contributed by atoms with E-state index in [1.54, 1.807) is 6.07 Å². The third-order valence-electron chi connectivity index (χ3n) is 2.40. The summed E-state index contributed by atoms with van der Waals surface area (Å²) in [5.74, 6) is 1.29. The molecule has 3 N–H and O–H groups in total. The first-order chi connectivity index (χ1) is 9.43. The topological polar surface area (TPSA) is 66.0 Å². The normalized spacial score (nSPS) is 10.5. The summed E-state index contributed by atoms with van der Waals surface area (Å²) in [5.41, 5.74) is 0. The third-order valence-corrected chi connectivity index (χ3v) is 2.97. The summed E-state index contributed by atoms with van der Waals surface area (Å²) in [5, 5.41) is 9.58. The fraction of sp³-hybridized carbons (Fsp3) is 0.538. The number of amides is 1. The van der Waals surface area contributed by atoms with E-state index in [0.717, 1.165) is 0 Å². The van der Waals surface area contributed by atoms with Gasteiger partial charge in [0.15, 0.2) is 0 Å². The lowest BCUT2D eigenvalue weighted by Gasteiger charge is -2.12. The molecule has 1 aromatic rings. The number of anilines is 2. The summed E-state index contributed by atoms with van der Waals surface area (Å²) in [6.07, 6.45) is 0. The molecule has 0 aliphatic rings. The van der Waals surface area contributed by atoms with Gasteiger partial charge in [-0.1, -0.05) is 37.0 Å². The fourth-order valence-electron chi connectivity index (χ4n) is 1.43. The highest BCUT2D eigenvalue weighted by atomic mass is 35.5. The number of halogens is 2. The van der Waals surface area contributed by atoms with Gasteiger partial charge in [0.1, 0.15) is 11.6 Å². The maximum absolute atomic E-state index is 11.6. The van der Waals surface area contributed by atoms with Crippen LogP contribution >= 0.6 is 23.2 Å². The number of carbonyl (C=O) groups is 1. The van der Waals surface area contributed by atoms with E-state index < -0.39 is 0 Å². The van der Waals surface area contributed by atoms with Crippen molar-refractivity contribution in [2.75, 3.05) is 30.3 Å². The van der Waals surface area contributed by atoms with Gasteiger partial charge in [-0.2, -0.15) is 0 Å². The summed E-state index contributed by atoms with van der Waals surface area (Å²) in [6, 6.07) is 1.60. The fourth-order valence-corrected chi connectivity index (χ4v) is 1.92. The predicted molar refractivity (Wildman–Crippen MR) is 84.8 cm³/mol. The van der Waals surface area contributed by atoms with Crippen LogP contribution in [0, 0.1) is 5.92 Å². The molecule has 0 aromatic carbocycles. The summed E-state index contributed by atoms with van der Waals surface area (Å²) >= 11 is 12.1. The molecule has 112 valence electrons. The molecule has 1 aromatic heterocycles. The highest BCUT2D eigenvalue weighted by Gasteiger charge is 2.10. The van der Waals surface area contributed by atoms with Crippen LogP contribution in [0.3, 0.4) is 0 Å². The monoisotopic (exact) mass is 318 g/mol. The van der Waals surface area contributed by atoms with E-state index in [-0.39, 0.29) is 12.5 Å². The van der Waals surface area contributed by atoms with Gasteiger partial charge in [0.25, 0.3) is 0 Å². The Bertz CT molecular complexity index is 466. The van der Waals surface area contributed by atoms with Crippen LogP contribution in [0.25, 0.3) is 0 Å². The van der Waals surface area contributed by atoms with Crippen molar-refractivity contribution in [3.05, 3.63) is 16.1 Å². The smallest absolute Gasteiger partial charge is 0.239 e. The molecule has 0 fully saturated rings. The minimum Gasteiger partial charge on any atom is -0.369 e. The van der Waals surface area contributed by atoms with Gasteiger partial charge in [-0.3, -0.25) is 4.79 Å². The first-order valence-electron chi connectivity index (χ1n) is 6.54. The molecule has 0 aliphatic carbocycles. The summed E-state index contributed by atoms with van der Waals surface area (Å²) in [4.78, 5) is 15.9. The lowest BCUT2D eigenvalue weighted by Crippen LogP contribution is -2.32. The zero-order chi connectivity index (χ0) is 15.1. The van der Waals surface area contributed by atoms with Crippen LogP contribution in [0.2, 0.25) is 10.0 Å². The van der Waals surface area contributed by atoms with Crippen molar-refractivity contribution >= 4 is 40.7 Å². The Labute approximate surface area is 129 Å². The summed E-state index contributed by atoms with van der Waals surface area (Å²) in [7, 11) is 0. The minimum absolute atomic E-state index is 0.100. The van der Waals surface area contributed by atoms with Crippen molar-refractivity contribution in [1.82, 2.24) is 10.3 Å². The van der Waals surface area contributed by atoms with Crippen LogP contribution in [-0.2, 0) is 4.79 Å². The predicted octanol–water partition coefficient (Wildman–Crippen LogP) is 3.00. The van der Waals surface area contributed by atoms with E-state index in [1.807, 2.05) is 20.8 Å². The van der Waals surface area contributed by atoms with Gasteiger partial charge in [-0.05, 0) is 18.9 Å². The second-order valence-electron chi connectivity index (χ2n) is 4.73. The Kier molecular flexibility index (Phi) is 6.88. The van der Waals surface area contributed by atoms with Crippen molar-refractivity contribution in [3.8, 4) is 0 Å². The molecular weight excluding hydrogens is 299 g/mol. The average molecular weight is 319 g/mol. The lowest BCUT2D eigenvalue weighted by molar-refractivity contribution is -0.119. The van der Waals surface area contributed by atoms with Gasteiger partial charge >= 0.3 is 0 Å². The zero-order valence-electron chi connectivity index (χ0n) is 11.9. The molecule has 0 bridgehead atoms. The maximum Gasteiger partial charge on any atom is 0.239 e. The largest absolute Gasteiger partial charge is 0.369 e. The van der Waals surface area contributed by atoms with Crippen molar-refractivity contribution in [2.24, 2.45) is 5.92 Å². The Hall–Kier alpha value is -1.20. The molecule has 0 radical (unpaired) electrons. The average Bonchev–Trinajstić information content (AvgIpc) is 2.38. The van der Waals surface area contributed by atoms with Crippen LogP contribution in [-0.4, -0.2) is 30.5 Å². The highest BCUT2D eigenvalue weighted by Crippen LogP contribution is 2.28. The Balaban J connectivity index is 2.63. The number of nitrogens with one attached hydrogen (secondary N) is 3. The second kappa shape index (κ2) is 8.17. The Morgan fingerprint density at radius 1 is 1.25 bits per heavy atom. The molecular formula is C13H20Cl2N4O. The van der Waals surface area contributed by atoms with E-state index >= 15 is 0 Å². The molecule has 1 heterocycles. The zero-order valence-corrected chi connectivity index (χ0v) is 13.4. The van der Waals surface area contributed by atoms with E-state index in [4.69, 9.17) is 23.2 Å².